The number of nitrogens with zero attached hydrogens (tertiary/aromatic N) is 2. The van der Waals surface area contributed by atoms with Crippen LogP contribution in [0, 0.1) is 10.1 Å². The number of benzene rings is 2. The van der Waals surface area contributed by atoms with Crippen molar-refractivity contribution >= 4 is 17.7 Å². The van der Waals surface area contributed by atoms with E-state index in [1.54, 1.807) is 23.1 Å². The first-order valence-corrected chi connectivity index (χ1v) is 7.36. The third kappa shape index (κ3) is 4.51. The van der Waals surface area contributed by atoms with Crippen LogP contribution in [0.5, 0.6) is 0 Å². The van der Waals surface area contributed by atoms with Gasteiger partial charge >= 0.3 is 0 Å². The van der Waals surface area contributed by atoms with Crippen LogP contribution in [0.15, 0.2) is 60.7 Å². The smallest absolute Gasteiger partial charge is 0.276 e. The molecule has 0 unspecified atom stereocenters. The summed E-state index contributed by atoms with van der Waals surface area (Å²) >= 11 is 0. The SMILES string of the molecule is CCN(Cc1ccccc1)C(=O)/C=C/c1ccccc1[N+](=O)[O-]. The lowest BCUT2D eigenvalue weighted by atomic mass is 10.1. The highest BCUT2D eigenvalue weighted by atomic mass is 16.6. The quantitative estimate of drug-likeness (QED) is 0.465. The number of hydrogen-bond donors (Lipinski definition) is 0. The molecule has 23 heavy (non-hydrogen) atoms. The van der Waals surface area contributed by atoms with E-state index in [2.05, 4.69) is 0 Å². The minimum atomic E-state index is -0.453. The maximum atomic E-state index is 12.3. The van der Waals surface area contributed by atoms with Crippen molar-refractivity contribution in [2.45, 2.75) is 13.5 Å². The Bertz CT molecular complexity index is 711. The minimum Gasteiger partial charge on any atom is -0.335 e. The first-order chi connectivity index (χ1) is 11.1. The third-order valence-corrected chi connectivity index (χ3v) is 3.45. The topological polar surface area (TPSA) is 63.5 Å². The maximum Gasteiger partial charge on any atom is 0.276 e. The Labute approximate surface area is 135 Å². The van der Waals surface area contributed by atoms with E-state index in [-0.39, 0.29) is 11.6 Å². The Morgan fingerprint density at radius 2 is 1.78 bits per heavy atom. The average molecular weight is 310 g/mol. The molecule has 1 amide bonds. The molecule has 0 N–H and O–H groups in total. The van der Waals surface area contributed by atoms with Gasteiger partial charge in [0.25, 0.3) is 5.69 Å². The molecule has 2 aromatic carbocycles. The zero-order chi connectivity index (χ0) is 16.7. The number of carbonyl (C=O) groups is 1. The fourth-order valence-corrected chi connectivity index (χ4v) is 2.21. The summed E-state index contributed by atoms with van der Waals surface area (Å²) in [6.07, 6.45) is 2.88. The molecule has 0 saturated heterocycles. The van der Waals surface area contributed by atoms with Crippen molar-refractivity contribution in [3.05, 3.63) is 81.9 Å². The van der Waals surface area contributed by atoms with E-state index in [1.165, 1.54) is 18.2 Å². The van der Waals surface area contributed by atoms with Crippen molar-refractivity contribution in [2.75, 3.05) is 6.54 Å². The maximum absolute atomic E-state index is 12.3. The van der Waals surface area contributed by atoms with Gasteiger partial charge in [0.1, 0.15) is 0 Å². The van der Waals surface area contributed by atoms with E-state index >= 15 is 0 Å². The van der Waals surface area contributed by atoms with Gasteiger partial charge in [-0.2, -0.15) is 0 Å². The second kappa shape index (κ2) is 7.89. The lowest BCUT2D eigenvalue weighted by Crippen LogP contribution is -2.28. The summed E-state index contributed by atoms with van der Waals surface area (Å²) in [5.74, 6) is -0.172. The van der Waals surface area contributed by atoms with Gasteiger partial charge in [-0.05, 0) is 24.6 Å². The van der Waals surface area contributed by atoms with Crippen LogP contribution in [0.1, 0.15) is 18.1 Å². The molecular weight excluding hydrogens is 292 g/mol. The van der Waals surface area contributed by atoms with Crippen molar-refractivity contribution in [2.24, 2.45) is 0 Å². The van der Waals surface area contributed by atoms with Crippen LogP contribution in [0.2, 0.25) is 0 Å². The molecule has 0 aliphatic rings. The molecule has 5 nitrogen and oxygen atoms in total. The summed E-state index contributed by atoms with van der Waals surface area (Å²) in [5.41, 5.74) is 1.45. The summed E-state index contributed by atoms with van der Waals surface area (Å²) in [5, 5.41) is 11.0. The molecule has 0 fully saturated rings. The standard InChI is InChI=1S/C18H18N2O3/c1-2-19(14-15-8-4-3-5-9-15)18(21)13-12-16-10-6-7-11-17(16)20(22)23/h3-13H,2,14H2,1H3/b13-12+. The molecule has 0 atom stereocenters. The number of likely N-dealkylation sites (N-methyl/N-ethyl adjacent to an activating group) is 1. The fourth-order valence-electron chi connectivity index (χ4n) is 2.21. The second-order valence-electron chi connectivity index (χ2n) is 4.99. The number of hydrogen-bond acceptors (Lipinski definition) is 3. The summed E-state index contributed by atoms with van der Waals surface area (Å²) in [4.78, 5) is 24.5. The van der Waals surface area contributed by atoms with Crippen LogP contribution in [0.25, 0.3) is 6.08 Å². The fraction of sp³-hybridized carbons (Fsp3) is 0.167. The Hall–Kier alpha value is -2.95. The molecule has 2 aromatic rings. The van der Waals surface area contributed by atoms with Crippen molar-refractivity contribution < 1.29 is 9.72 Å². The first-order valence-electron chi connectivity index (χ1n) is 7.36. The lowest BCUT2D eigenvalue weighted by Gasteiger charge is -2.19. The van der Waals surface area contributed by atoms with Gasteiger partial charge < -0.3 is 4.90 Å². The van der Waals surface area contributed by atoms with Gasteiger partial charge in [0.2, 0.25) is 5.91 Å². The van der Waals surface area contributed by atoms with Crippen molar-refractivity contribution in [1.29, 1.82) is 0 Å². The molecule has 2 rings (SSSR count). The minimum absolute atomic E-state index is 0.0114. The monoisotopic (exact) mass is 310 g/mol. The number of nitro benzene ring substituents is 1. The molecule has 118 valence electrons. The van der Waals surface area contributed by atoms with Crippen LogP contribution in [0.4, 0.5) is 5.69 Å². The number of nitro groups is 1. The van der Waals surface area contributed by atoms with Crippen LogP contribution in [0.3, 0.4) is 0 Å². The molecule has 0 bridgehead atoms. The number of para-hydroxylation sites is 1. The van der Waals surface area contributed by atoms with Crippen molar-refractivity contribution in [3.63, 3.8) is 0 Å². The molecule has 0 spiro atoms. The first kappa shape index (κ1) is 16.4. The lowest BCUT2D eigenvalue weighted by molar-refractivity contribution is -0.385. The van der Waals surface area contributed by atoms with Gasteiger partial charge in [-0.1, -0.05) is 42.5 Å². The summed E-state index contributed by atoms with van der Waals surface area (Å²) in [6.45, 7) is 2.98. The zero-order valence-corrected chi connectivity index (χ0v) is 12.9. The van der Waals surface area contributed by atoms with Crippen LogP contribution in [-0.4, -0.2) is 22.3 Å². The second-order valence-corrected chi connectivity index (χ2v) is 4.99. The molecule has 0 radical (unpaired) electrons. The number of amides is 1. The van der Waals surface area contributed by atoms with E-state index in [4.69, 9.17) is 0 Å². The Kier molecular flexibility index (Phi) is 5.63. The van der Waals surface area contributed by atoms with E-state index in [0.717, 1.165) is 5.56 Å². The summed E-state index contributed by atoms with van der Waals surface area (Å²) < 4.78 is 0. The molecule has 0 aliphatic heterocycles. The van der Waals surface area contributed by atoms with Crippen LogP contribution < -0.4 is 0 Å². The highest BCUT2D eigenvalue weighted by Gasteiger charge is 2.12. The summed E-state index contributed by atoms with van der Waals surface area (Å²) in [7, 11) is 0. The number of carbonyl (C=O) groups excluding carboxylic acids is 1. The van der Waals surface area contributed by atoms with Gasteiger partial charge in [0.15, 0.2) is 0 Å². The molecule has 0 aliphatic carbocycles. The van der Waals surface area contributed by atoms with E-state index in [1.807, 2.05) is 37.3 Å². The van der Waals surface area contributed by atoms with Crippen molar-refractivity contribution in [1.82, 2.24) is 4.90 Å². The van der Waals surface area contributed by atoms with E-state index < -0.39 is 4.92 Å². The van der Waals surface area contributed by atoms with Gasteiger partial charge in [0.05, 0.1) is 10.5 Å². The Balaban J connectivity index is 2.12. The normalized spacial score (nSPS) is 10.7. The largest absolute Gasteiger partial charge is 0.335 e. The van der Waals surface area contributed by atoms with E-state index in [0.29, 0.717) is 18.7 Å². The highest BCUT2D eigenvalue weighted by molar-refractivity contribution is 5.92. The third-order valence-electron chi connectivity index (χ3n) is 3.45. The van der Waals surface area contributed by atoms with Gasteiger partial charge in [-0.15, -0.1) is 0 Å². The van der Waals surface area contributed by atoms with Crippen LogP contribution >= 0.6 is 0 Å². The molecule has 0 aromatic heterocycles. The molecule has 5 heteroatoms. The summed E-state index contributed by atoms with van der Waals surface area (Å²) in [6, 6.07) is 16.1. The van der Waals surface area contributed by atoms with Gasteiger partial charge in [-0.3, -0.25) is 14.9 Å². The average Bonchev–Trinajstić information content (AvgIpc) is 2.58. The Morgan fingerprint density at radius 1 is 1.13 bits per heavy atom. The molecule has 0 heterocycles. The highest BCUT2D eigenvalue weighted by Crippen LogP contribution is 2.19. The molecule has 0 saturated carbocycles. The van der Waals surface area contributed by atoms with Gasteiger partial charge in [-0.25, -0.2) is 0 Å². The van der Waals surface area contributed by atoms with Gasteiger partial charge in [0, 0.05) is 25.2 Å². The van der Waals surface area contributed by atoms with E-state index in [9.17, 15) is 14.9 Å². The predicted molar refractivity (Wildman–Crippen MR) is 89.7 cm³/mol. The Morgan fingerprint density at radius 3 is 2.43 bits per heavy atom. The van der Waals surface area contributed by atoms with Crippen molar-refractivity contribution in [3.8, 4) is 0 Å². The van der Waals surface area contributed by atoms with Crippen LogP contribution in [-0.2, 0) is 11.3 Å². The number of rotatable bonds is 6. The molecular formula is C18H18N2O3. The predicted octanol–water partition coefficient (Wildman–Crippen LogP) is 3.66. The zero-order valence-electron chi connectivity index (χ0n) is 12.9.